The van der Waals surface area contributed by atoms with Crippen molar-refractivity contribution in [1.82, 2.24) is 4.57 Å². The first kappa shape index (κ1) is 12.4. The molecule has 0 saturated heterocycles. The number of rotatable bonds is 6. The molecular weight excluding hydrogens is 214 g/mol. The van der Waals surface area contributed by atoms with Crippen molar-refractivity contribution in [1.29, 1.82) is 0 Å². The van der Waals surface area contributed by atoms with Crippen LogP contribution in [-0.2, 0) is 17.7 Å². The first-order valence-electron chi connectivity index (χ1n) is 6.62. The van der Waals surface area contributed by atoms with Gasteiger partial charge >= 0.3 is 0 Å². The molecule has 0 bridgehead atoms. The lowest BCUT2D eigenvalue weighted by Gasteiger charge is -2.15. The fourth-order valence-electron chi connectivity index (χ4n) is 2.31. The van der Waals surface area contributed by atoms with Gasteiger partial charge in [0.25, 0.3) is 0 Å². The zero-order valence-corrected chi connectivity index (χ0v) is 10.6. The predicted molar refractivity (Wildman–Crippen MR) is 67.4 cm³/mol. The Hall–Kier alpha value is -1.09. The molecule has 17 heavy (non-hydrogen) atoms. The van der Waals surface area contributed by atoms with Crippen LogP contribution < -0.4 is 0 Å². The van der Waals surface area contributed by atoms with Gasteiger partial charge in [0.05, 0.1) is 6.61 Å². The van der Waals surface area contributed by atoms with Gasteiger partial charge in [0.1, 0.15) is 0 Å². The highest BCUT2D eigenvalue weighted by Gasteiger charge is 2.19. The minimum Gasteiger partial charge on any atom is -0.380 e. The summed E-state index contributed by atoms with van der Waals surface area (Å²) in [6, 6.07) is 1.96. The number of Topliss-reactive ketones (excluding diaryl/α,β-unsaturated/α-hetero) is 1. The Balaban J connectivity index is 1.87. The number of carbonyl (C=O) groups is 1. The molecule has 1 aliphatic carbocycles. The van der Waals surface area contributed by atoms with Crippen LogP contribution in [-0.4, -0.2) is 23.6 Å². The fraction of sp³-hybridized carbons (Fsp3) is 0.643. The van der Waals surface area contributed by atoms with Crippen molar-refractivity contribution >= 4 is 5.78 Å². The number of aromatic nitrogens is 1. The van der Waals surface area contributed by atoms with Gasteiger partial charge in [0, 0.05) is 37.0 Å². The molecule has 0 fully saturated rings. The fourth-order valence-corrected chi connectivity index (χ4v) is 2.31. The van der Waals surface area contributed by atoms with Gasteiger partial charge in [-0.3, -0.25) is 4.79 Å². The molecule has 0 atom stereocenters. The molecule has 0 aromatic carbocycles. The Bertz CT molecular complexity index is 382. The van der Waals surface area contributed by atoms with Crippen LogP contribution in [0.3, 0.4) is 0 Å². The van der Waals surface area contributed by atoms with E-state index >= 15 is 0 Å². The van der Waals surface area contributed by atoms with Crippen LogP contribution >= 0.6 is 0 Å². The summed E-state index contributed by atoms with van der Waals surface area (Å²) in [5.41, 5.74) is 2.14. The van der Waals surface area contributed by atoms with Crippen molar-refractivity contribution in [3.63, 3.8) is 0 Å². The minimum absolute atomic E-state index is 0.303. The summed E-state index contributed by atoms with van der Waals surface area (Å²) in [4.78, 5) is 11.7. The molecule has 0 unspecified atom stereocenters. The molecule has 2 rings (SSSR count). The molecule has 0 radical (unpaired) electrons. The summed E-state index contributed by atoms with van der Waals surface area (Å²) >= 11 is 0. The van der Waals surface area contributed by atoms with Crippen molar-refractivity contribution in [3.8, 4) is 0 Å². The van der Waals surface area contributed by atoms with E-state index in [-0.39, 0.29) is 0 Å². The van der Waals surface area contributed by atoms with Crippen molar-refractivity contribution in [2.24, 2.45) is 0 Å². The largest absolute Gasteiger partial charge is 0.380 e. The monoisotopic (exact) mass is 235 g/mol. The summed E-state index contributed by atoms with van der Waals surface area (Å²) in [5.74, 6) is 0.303. The van der Waals surface area contributed by atoms with Crippen molar-refractivity contribution in [2.75, 3.05) is 13.2 Å². The second kappa shape index (κ2) is 6.01. The molecule has 0 saturated carbocycles. The highest BCUT2D eigenvalue weighted by molar-refractivity contribution is 5.98. The third-order valence-corrected chi connectivity index (χ3v) is 3.32. The SMILES string of the molecule is CCCCOCCn1ccc2c1CCCC2=O. The van der Waals surface area contributed by atoms with Crippen LogP contribution in [0.25, 0.3) is 0 Å². The van der Waals surface area contributed by atoms with Crippen molar-refractivity contribution in [2.45, 2.75) is 45.6 Å². The zero-order valence-electron chi connectivity index (χ0n) is 10.6. The Kier molecular flexibility index (Phi) is 4.37. The second-order valence-corrected chi connectivity index (χ2v) is 4.61. The number of hydrogen-bond acceptors (Lipinski definition) is 2. The first-order valence-corrected chi connectivity index (χ1v) is 6.62. The molecule has 1 aromatic heterocycles. The van der Waals surface area contributed by atoms with Crippen LogP contribution in [0.5, 0.6) is 0 Å². The number of ether oxygens (including phenoxy) is 1. The van der Waals surface area contributed by atoms with Gasteiger partial charge < -0.3 is 9.30 Å². The van der Waals surface area contributed by atoms with E-state index in [0.717, 1.165) is 44.6 Å². The van der Waals surface area contributed by atoms with Gasteiger partial charge in [0.2, 0.25) is 0 Å². The number of nitrogens with zero attached hydrogens (tertiary/aromatic N) is 1. The van der Waals surface area contributed by atoms with Crippen LogP contribution in [0.15, 0.2) is 12.3 Å². The summed E-state index contributed by atoms with van der Waals surface area (Å²) in [5, 5.41) is 0. The predicted octanol–water partition coefficient (Wildman–Crippen LogP) is 2.82. The highest BCUT2D eigenvalue weighted by atomic mass is 16.5. The summed E-state index contributed by atoms with van der Waals surface area (Å²) in [7, 11) is 0. The molecule has 0 amide bonds. The van der Waals surface area contributed by atoms with Crippen LogP contribution in [0.4, 0.5) is 0 Å². The molecule has 1 heterocycles. The zero-order chi connectivity index (χ0) is 12.1. The summed E-state index contributed by atoms with van der Waals surface area (Å²) in [6.07, 6.45) is 7.06. The van der Waals surface area contributed by atoms with E-state index in [1.165, 1.54) is 12.1 Å². The normalized spacial score (nSPS) is 15.0. The maximum Gasteiger partial charge on any atom is 0.164 e. The highest BCUT2D eigenvalue weighted by Crippen LogP contribution is 2.22. The van der Waals surface area contributed by atoms with Crippen molar-refractivity contribution in [3.05, 3.63) is 23.5 Å². The van der Waals surface area contributed by atoms with Gasteiger partial charge in [-0.05, 0) is 25.3 Å². The van der Waals surface area contributed by atoms with Gasteiger partial charge in [0.15, 0.2) is 5.78 Å². The number of hydrogen-bond donors (Lipinski definition) is 0. The Morgan fingerprint density at radius 1 is 1.35 bits per heavy atom. The Morgan fingerprint density at radius 2 is 2.24 bits per heavy atom. The Labute approximate surface area is 103 Å². The quantitative estimate of drug-likeness (QED) is 0.710. The average molecular weight is 235 g/mol. The molecule has 1 aromatic rings. The van der Waals surface area contributed by atoms with Gasteiger partial charge in [-0.25, -0.2) is 0 Å². The molecule has 0 N–H and O–H groups in total. The smallest absolute Gasteiger partial charge is 0.164 e. The lowest BCUT2D eigenvalue weighted by Crippen LogP contribution is -2.15. The maximum absolute atomic E-state index is 11.7. The van der Waals surface area contributed by atoms with E-state index < -0.39 is 0 Å². The van der Waals surface area contributed by atoms with E-state index in [1.54, 1.807) is 0 Å². The topological polar surface area (TPSA) is 31.2 Å². The molecule has 0 spiro atoms. The molecule has 3 nitrogen and oxygen atoms in total. The van der Waals surface area contributed by atoms with E-state index in [9.17, 15) is 4.79 Å². The van der Waals surface area contributed by atoms with Crippen molar-refractivity contribution < 1.29 is 9.53 Å². The number of unbranched alkanes of at least 4 members (excludes halogenated alkanes) is 1. The molecule has 94 valence electrons. The van der Waals surface area contributed by atoms with E-state index in [2.05, 4.69) is 11.5 Å². The number of carbonyl (C=O) groups excluding carboxylic acids is 1. The molecule has 3 heteroatoms. The molecule has 1 aliphatic rings. The van der Waals surface area contributed by atoms with E-state index in [0.29, 0.717) is 12.2 Å². The lowest BCUT2D eigenvalue weighted by molar-refractivity contribution is 0.0970. The standard InChI is InChI=1S/C14H21NO2/c1-2-3-10-17-11-9-15-8-7-12-13(15)5-4-6-14(12)16/h7-8H,2-6,9-11H2,1H3. The van der Waals surface area contributed by atoms with Gasteiger partial charge in [-0.2, -0.15) is 0 Å². The second-order valence-electron chi connectivity index (χ2n) is 4.61. The number of ketones is 1. The maximum atomic E-state index is 11.7. The lowest BCUT2D eigenvalue weighted by atomic mass is 9.97. The number of fused-ring (bicyclic) bond motifs is 1. The Morgan fingerprint density at radius 3 is 3.06 bits per heavy atom. The van der Waals surface area contributed by atoms with Gasteiger partial charge in [-0.15, -0.1) is 0 Å². The molecule has 0 aliphatic heterocycles. The summed E-state index contributed by atoms with van der Waals surface area (Å²) in [6.45, 7) is 4.62. The third-order valence-electron chi connectivity index (χ3n) is 3.32. The van der Waals surface area contributed by atoms with Gasteiger partial charge in [-0.1, -0.05) is 13.3 Å². The first-order chi connectivity index (χ1) is 8.33. The molecular formula is C14H21NO2. The van der Waals surface area contributed by atoms with Crippen LogP contribution in [0.2, 0.25) is 0 Å². The van der Waals surface area contributed by atoms with E-state index in [1.807, 2.05) is 12.3 Å². The van der Waals surface area contributed by atoms with Crippen LogP contribution in [0.1, 0.15) is 48.7 Å². The third kappa shape index (κ3) is 2.97. The average Bonchev–Trinajstić information content (AvgIpc) is 2.74. The summed E-state index contributed by atoms with van der Waals surface area (Å²) < 4.78 is 7.74. The van der Waals surface area contributed by atoms with Crippen LogP contribution in [0, 0.1) is 0 Å². The van der Waals surface area contributed by atoms with E-state index in [4.69, 9.17) is 4.74 Å². The minimum atomic E-state index is 0.303.